The van der Waals surface area contributed by atoms with Gasteiger partial charge in [-0.15, -0.1) is 0 Å². The Balaban J connectivity index is 2.74. The second-order valence-corrected chi connectivity index (χ2v) is 7.73. The van der Waals surface area contributed by atoms with E-state index in [1.54, 1.807) is 7.05 Å². The van der Waals surface area contributed by atoms with Gasteiger partial charge in [0, 0.05) is 20.1 Å². The summed E-state index contributed by atoms with van der Waals surface area (Å²) >= 11 is 0. The summed E-state index contributed by atoms with van der Waals surface area (Å²) in [4.78, 5) is 0. The monoisotopic (exact) mass is 312 g/mol. The molecule has 0 saturated carbocycles. The fraction of sp³-hybridized carbons (Fsp3) is 0.625. The number of rotatable bonds is 9. The van der Waals surface area contributed by atoms with Crippen molar-refractivity contribution in [3.63, 3.8) is 0 Å². The highest BCUT2D eigenvalue weighted by Gasteiger charge is 2.20. The van der Waals surface area contributed by atoms with E-state index in [0.29, 0.717) is 12.5 Å². The number of nitrogens with one attached hydrogen (secondary N) is 1. The summed E-state index contributed by atoms with van der Waals surface area (Å²) < 4.78 is 26.3. The van der Waals surface area contributed by atoms with Crippen molar-refractivity contribution in [2.24, 2.45) is 5.92 Å². The van der Waals surface area contributed by atoms with Crippen LogP contribution in [0.2, 0.25) is 0 Å². The van der Waals surface area contributed by atoms with Crippen LogP contribution in [0.4, 0.5) is 0 Å². The van der Waals surface area contributed by atoms with E-state index in [1.807, 2.05) is 24.3 Å². The van der Waals surface area contributed by atoms with E-state index in [2.05, 4.69) is 26.1 Å². The first-order chi connectivity index (χ1) is 9.89. The van der Waals surface area contributed by atoms with E-state index in [9.17, 15) is 8.42 Å². The predicted molar refractivity (Wildman–Crippen MR) is 88.5 cm³/mol. The quantitative estimate of drug-likeness (QED) is 0.762. The summed E-state index contributed by atoms with van der Waals surface area (Å²) in [6, 6.07) is 7.79. The summed E-state index contributed by atoms with van der Waals surface area (Å²) in [5, 5.41) is 3.25. The van der Waals surface area contributed by atoms with Crippen LogP contribution in [0.3, 0.4) is 0 Å². The van der Waals surface area contributed by atoms with Crippen LogP contribution in [-0.4, -0.2) is 32.9 Å². The van der Waals surface area contributed by atoms with Crippen molar-refractivity contribution in [1.29, 1.82) is 0 Å². The third-order valence-electron chi connectivity index (χ3n) is 3.66. The normalized spacial score (nSPS) is 13.6. The fourth-order valence-corrected chi connectivity index (χ4v) is 3.40. The zero-order chi connectivity index (χ0) is 15.9. The van der Waals surface area contributed by atoms with Crippen LogP contribution in [0, 0.1) is 5.92 Å². The molecule has 0 spiro atoms. The van der Waals surface area contributed by atoms with Gasteiger partial charge in [0.1, 0.15) is 0 Å². The van der Waals surface area contributed by atoms with Gasteiger partial charge in [-0.05, 0) is 23.6 Å². The Bertz CT molecular complexity index is 529. The van der Waals surface area contributed by atoms with Gasteiger partial charge in [-0.3, -0.25) is 0 Å². The average molecular weight is 312 g/mol. The molecule has 0 saturated heterocycles. The van der Waals surface area contributed by atoms with Crippen molar-refractivity contribution < 1.29 is 8.42 Å². The molecule has 1 aromatic carbocycles. The minimum absolute atomic E-state index is 0.0693. The Morgan fingerprint density at radius 2 is 1.90 bits per heavy atom. The van der Waals surface area contributed by atoms with Crippen LogP contribution in [0.15, 0.2) is 24.3 Å². The molecule has 1 rings (SSSR count). The van der Waals surface area contributed by atoms with E-state index in [-0.39, 0.29) is 5.75 Å². The molecule has 0 heterocycles. The van der Waals surface area contributed by atoms with Gasteiger partial charge in [0.25, 0.3) is 0 Å². The van der Waals surface area contributed by atoms with E-state index in [0.717, 1.165) is 30.6 Å². The summed E-state index contributed by atoms with van der Waals surface area (Å²) in [6.07, 6.45) is 0.984. The highest BCUT2D eigenvalue weighted by Crippen LogP contribution is 2.14. The molecule has 21 heavy (non-hydrogen) atoms. The third-order valence-corrected chi connectivity index (χ3v) is 5.46. The molecule has 0 amide bonds. The van der Waals surface area contributed by atoms with Crippen molar-refractivity contribution in [3.05, 3.63) is 35.4 Å². The largest absolute Gasteiger partial charge is 0.313 e. The first-order valence-electron chi connectivity index (χ1n) is 7.61. The van der Waals surface area contributed by atoms with Crippen molar-refractivity contribution in [1.82, 2.24) is 9.62 Å². The lowest BCUT2D eigenvalue weighted by atomic mass is 10.1. The Kier molecular flexibility index (Phi) is 7.35. The Morgan fingerprint density at radius 1 is 1.24 bits per heavy atom. The standard InChI is InChI=1S/C16H28N2O2S/c1-5-14(3)12-18(4)21(19,20)13-16-9-7-8-15(10-16)11-17-6-2/h7-10,14,17H,5-6,11-13H2,1-4H3. The van der Waals surface area contributed by atoms with Crippen molar-refractivity contribution in [2.45, 2.75) is 39.5 Å². The van der Waals surface area contributed by atoms with E-state index in [1.165, 1.54) is 4.31 Å². The molecule has 0 aliphatic heterocycles. The average Bonchev–Trinajstić information content (AvgIpc) is 2.44. The minimum Gasteiger partial charge on any atom is -0.313 e. The molecule has 0 bridgehead atoms. The smallest absolute Gasteiger partial charge is 0.218 e. The number of sulfonamides is 1. The lowest BCUT2D eigenvalue weighted by Crippen LogP contribution is -2.32. The van der Waals surface area contributed by atoms with Crippen LogP contribution in [0.1, 0.15) is 38.3 Å². The topological polar surface area (TPSA) is 49.4 Å². The van der Waals surface area contributed by atoms with E-state index < -0.39 is 10.0 Å². The van der Waals surface area contributed by atoms with Gasteiger partial charge in [0.2, 0.25) is 10.0 Å². The molecule has 1 aromatic rings. The van der Waals surface area contributed by atoms with Crippen LogP contribution in [-0.2, 0) is 22.3 Å². The van der Waals surface area contributed by atoms with Gasteiger partial charge < -0.3 is 5.32 Å². The maximum Gasteiger partial charge on any atom is 0.218 e. The van der Waals surface area contributed by atoms with E-state index in [4.69, 9.17) is 0 Å². The fourth-order valence-electron chi connectivity index (χ4n) is 2.10. The summed E-state index contributed by atoms with van der Waals surface area (Å²) in [5.41, 5.74) is 1.97. The molecule has 0 aliphatic carbocycles. The van der Waals surface area contributed by atoms with Crippen LogP contribution in [0.25, 0.3) is 0 Å². The van der Waals surface area contributed by atoms with Gasteiger partial charge in [-0.1, -0.05) is 51.5 Å². The Labute approximate surface area is 129 Å². The van der Waals surface area contributed by atoms with Gasteiger partial charge >= 0.3 is 0 Å². The predicted octanol–water partition coefficient (Wildman–Crippen LogP) is 2.60. The molecule has 120 valence electrons. The summed E-state index contributed by atoms with van der Waals surface area (Å²) in [5.74, 6) is 0.449. The zero-order valence-corrected chi connectivity index (χ0v) is 14.4. The second kappa shape index (κ2) is 8.51. The number of hydrogen-bond acceptors (Lipinski definition) is 3. The molecular formula is C16H28N2O2S. The van der Waals surface area contributed by atoms with Crippen LogP contribution >= 0.6 is 0 Å². The molecule has 4 nitrogen and oxygen atoms in total. The highest BCUT2D eigenvalue weighted by atomic mass is 32.2. The Hall–Kier alpha value is -0.910. The highest BCUT2D eigenvalue weighted by molar-refractivity contribution is 7.88. The molecule has 0 fully saturated rings. The van der Waals surface area contributed by atoms with Crippen molar-refractivity contribution in [2.75, 3.05) is 20.1 Å². The maximum atomic E-state index is 12.4. The SMILES string of the molecule is CCNCc1cccc(CS(=O)(=O)N(C)CC(C)CC)c1. The molecule has 1 N–H and O–H groups in total. The molecule has 0 radical (unpaired) electrons. The molecule has 1 unspecified atom stereocenters. The molecule has 0 aliphatic rings. The van der Waals surface area contributed by atoms with Crippen molar-refractivity contribution >= 4 is 10.0 Å². The van der Waals surface area contributed by atoms with Crippen LogP contribution < -0.4 is 5.32 Å². The lowest BCUT2D eigenvalue weighted by molar-refractivity contribution is 0.393. The van der Waals surface area contributed by atoms with Crippen LogP contribution in [0.5, 0.6) is 0 Å². The van der Waals surface area contributed by atoms with Gasteiger partial charge in [0.05, 0.1) is 5.75 Å². The summed E-state index contributed by atoms with van der Waals surface area (Å²) in [6.45, 7) is 8.46. The number of nitrogens with zero attached hydrogens (tertiary/aromatic N) is 1. The van der Waals surface area contributed by atoms with Gasteiger partial charge in [-0.2, -0.15) is 0 Å². The van der Waals surface area contributed by atoms with Gasteiger partial charge in [0.15, 0.2) is 0 Å². The third kappa shape index (κ3) is 6.16. The number of hydrogen-bond donors (Lipinski definition) is 1. The minimum atomic E-state index is -3.24. The maximum absolute atomic E-state index is 12.4. The van der Waals surface area contributed by atoms with E-state index >= 15 is 0 Å². The lowest BCUT2D eigenvalue weighted by Gasteiger charge is -2.20. The summed E-state index contributed by atoms with van der Waals surface area (Å²) in [7, 11) is -1.57. The van der Waals surface area contributed by atoms with Gasteiger partial charge in [-0.25, -0.2) is 12.7 Å². The number of benzene rings is 1. The second-order valence-electron chi connectivity index (χ2n) is 5.65. The first kappa shape index (κ1) is 18.1. The molecule has 0 aromatic heterocycles. The Morgan fingerprint density at radius 3 is 2.52 bits per heavy atom. The van der Waals surface area contributed by atoms with Crippen molar-refractivity contribution in [3.8, 4) is 0 Å². The first-order valence-corrected chi connectivity index (χ1v) is 9.22. The zero-order valence-electron chi connectivity index (χ0n) is 13.6. The molecular weight excluding hydrogens is 284 g/mol. The molecule has 1 atom stereocenters. The molecule has 5 heteroatoms.